The maximum Gasteiger partial charge on any atom is 0.184 e. The fraction of sp³-hybridized carbons (Fsp3) is 0.800. The lowest BCUT2D eigenvalue weighted by atomic mass is 10.5. The number of hydrogen-bond donors (Lipinski definition) is 0. The predicted molar refractivity (Wildman–Crippen MR) is 67.7 cm³/mol. The minimum absolute atomic E-state index is 0.727. The van der Waals surface area contributed by atoms with Gasteiger partial charge in [-0.15, -0.1) is 0 Å². The lowest BCUT2D eigenvalue weighted by Gasteiger charge is -2.16. The molecule has 0 spiro atoms. The molecular weight excluding hydrogens is 208 g/mol. The lowest BCUT2D eigenvalue weighted by molar-refractivity contribution is 0.344. The number of hydrogen-bond acceptors (Lipinski definition) is 2. The quantitative estimate of drug-likeness (QED) is 0.517. The summed E-state index contributed by atoms with van der Waals surface area (Å²) in [6, 6.07) is 0. The molecule has 0 aliphatic heterocycles. The van der Waals surface area contributed by atoms with Crippen LogP contribution >= 0.6 is 0 Å². The van der Waals surface area contributed by atoms with Crippen LogP contribution in [-0.2, 0) is 8.85 Å². The highest BCUT2D eigenvalue weighted by Crippen LogP contribution is 2.03. The van der Waals surface area contributed by atoms with Crippen molar-refractivity contribution < 1.29 is 8.85 Å². The van der Waals surface area contributed by atoms with E-state index in [0.717, 1.165) is 13.2 Å². The Morgan fingerprint density at radius 2 is 1.00 bits per heavy atom. The highest BCUT2D eigenvalue weighted by Gasteiger charge is 2.13. The molecule has 0 atom stereocenters. The molecule has 0 N–H and O–H groups in total. The number of rotatable bonds is 6. The Balaban J connectivity index is 3.47. The van der Waals surface area contributed by atoms with E-state index in [0.29, 0.717) is 0 Å². The van der Waals surface area contributed by atoms with Crippen molar-refractivity contribution in [3.63, 3.8) is 0 Å². The van der Waals surface area contributed by atoms with E-state index in [2.05, 4.69) is 51.4 Å². The van der Waals surface area contributed by atoms with Crippen LogP contribution in [0.15, 0.2) is 12.2 Å². The molecule has 0 unspecified atom stereocenters. The molecule has 14 heavy (non-hydrogen) atoms. The Morgan fingerprint density at radius 1 is 0.714 bits per heavy atom. The van der Waals surface area contributed by atoms with Crippen LogP contribution in [0.2, 0.25) is 39.3 Å². The van der Waals surface area contributed by atoms with Gasteiger partial charge in [-0.05, 0) is 39.3 Å². The van der Waals surface area contributed by atoms with Gasteiger partial charge in [0.2, 0.25) is 0 Å². The van der Waals surface area contributed by atoms with Gasteiger partial charge in [0, 0.05) is 0 Å². The third-order valence-electron chi connectivity index (χ3n) is 1.39. The fourth-order valence-electron chi connectivity index (χ4n) is 0.732. The maximum atomic E-state index is 5.67. The molecule has 0 bridgehead atoms. The summed E-state index contributed by atoms with van der Waals surface area (Å²) < 4.78 is 11.3. The molecule has 0 aromatic carbocycles. The third kappa shape index (κ3) is 12.1. The molecule has 0 aromatic heterocycles. The Kier molecular flexibility index (Phi) is 5.89. The Hall–Kier alpha value is 0.0938. The Morgan fingerprint density at radius 3 is 1.21 bits per heavy atom. The van der Waals surface area contributed by atoms with Gasteiger partial charge in [0.1, 0.15) is 0 Å². The van der Waals surface area contributed by atoms with Gasteiger partial charge in [0.05, 0.1) is 13.2 Å². The van der Waals surface area contributed by atoms with Gasteiger partial charge in [-0.3, -0.25) is 0 Å². The van der Waals surface area contributed by atoms with Crippen LogP contribution in [-0.4, -0.2) is 29.8 Å². The van der Waals surface area contributed by atoms with Gasteiger partial charge in [-0.2, -0.15) is 0 Å². The van der Waals surface area contributed by atoms with E-state index in [1.807, 2.05) is 0 Å². The highest BCUT2D eigenvalue weighted by molar-refractivity contribution is 6.70. The molecule has 0 saturated carbocycles. The fourth-order valence-corrected chi connectivity index (χ4v) is 1.92. The van der Waals surface area contributed by atoms with Gasteiger partial charge in [0.15, 0.2) is 16.6 Å². The van der Waals surface area contributed by atoms with E-state index in [4.69, 9.17) is 8.85 Å². The van der Waals surface area contributed by atoms with Crippen molar-refractivity contribution in [2.24, 2.45) is 0 Å². The Bertz CT molecular complexity index is 158. The van der Waals surface area contributed by atoms with Crippen molar-refractivity contribution in [2.45, 2.75) is 39.3 Å². The second kappa shape index (κ2) is 5.85. The second-order valence-electron chi connectivity index (χ2n) is 5.32. The largest absolute Gasteiger partial charge is 0.414 e. The monoisotopic (exact) mass is 232 g/mol. The highest BCUT2D eigenvalue weighted by atomic mass is 28.4. The van der Waals surface area contributed by atoms with Crippen molar-refractivity contribution in [1.82, 2.24) is 0 Å². The van der Waals surface area contributed by atoms with Crippen molar-refractivity contribution in [2.75, 3.05) is 13.2 Å². The molecule has 0 aromatic rings. The summed E-state index contributed by atoms with van der Waals surface area (Å²) in [6.07, 6.45) is 4.11. The molecule has 2 nitrogen and oxygen atoms in total. The van der Waals surface area contributed by atoms with Gasteiger partial charge >= 0.3 is 0 Å². The van der Waals surface area contributed by atoms with Gasteiger partial charge in [0.25, 0.3) is 0 Å². The lowest BCUT2D eigenvalue weighted by Crippen LogP contribution is -2.26. The summed E-state index contributed by atoms with van der Waals surface area (Å²) in [6.45, 7) is 14.6. The molecule has 0 rings (SSSR count). The molecule has 4 heteroatoms. The van der Waals surface area contributed by atoms with Crippen LogP contribution in [0.1, 0.15) is 0 Å². The van der Waals surface area contributed by atoms with Gasteiger partial charge in [-0.1, -0.05) is 12.2 Å². The van der Waals surface area contributed by atoms with Crippen LogP contribution < -0.4 is 0 Å². The average molecular weight is 232 g/mol. The third-order valence-corrected chi connectivity index (χ3v) is 3.46. The summed E-state index contributed by atoms with van der Waals surface area (Å²) in [5, 5.41) is 0. The maximum absolute atomic E-state index is 5.67. The molecule has 84 valence electrons. The van der Waals surface area contributed by atoms with E-state index in [9.17, 15) is 0 Å². The van der Waals surface area contributed by atoms with E-state index in [1.54, 1.807) is 0 Å². The molecule has 0 saturated heterocycles. The van der Waals surface area contributed by atoms with E-state index in [-0.39, 0.29) is 0 Å². The smallest absolute Gasteiger partial charge is 0.184 e. The molecule has 0 radical (unpaired) electrons. The minimum Gasteiger partial charge on any atom is -0.414 e. The van der Waals surface area contributed by atoms with E-state index in [1.165, 1.54) is 0 Å². The van der Waals surface area contributed by atoms with Crippen molar-refractivity contribution in [1.29, 1.82) is 0 Å². The summed E-state index contributed by atoms with van der Waals surface area (Å²) >= 11 is 0. The zero-order valence-electron chi connectivity index (χ0n) is 10.4. The predicted octanol–water partition coefficient (Wildman–Crippen LogP) is 3.25. The van der Waals surface area contributed by atoms with Crippen LogP contribution in [0.25, 0.3) is 0 Å². The van der Waals surface area contributed by atoms with Crippen molar-refractivity contribution in [3.05, 3.63) is 12.2 Å². The molecule has 0 aliphatic rings. The minimum atomic E-state index is -1.34. The summed E-state index contributed by atoms with van der Waals surface area (Å²) in [7, 11) is -2.67. The van der Waals surface area contributed by atoms with E-state index < -0.39 is 16.6 Å². The van der Waals surface area contributed by atoms with Crippen LogP contribution in [0.5, 0.6) is 0 Å². The topological polar surface area (TPSA) is 18.5 Å². The molecule has 0 aliphatic carbocycles. The van der Waals surface area contributed by atoms with Crippen LogP contribution in [0, 0.1) is 0 Å². The molecule has 0 fully saturated rings. The normalized spacial score (nSPS) is 13.9. The molecular formula is C10H24O2Si2. The average Bonchev–Trinajstić information content (AvgIpc) is 1.92. The first kappa shape index (κ1) is 14.1. The first-order valence-electron chi connectivity index (χ1n) is 5.14. The van der Waals surface area contributed by atoms with Crippen LogP contribution in [0.3, 0.4) is 0 Å². The van der Waals surface area contributed by atoms with Gasteiger partial charge < -0.3 is 8.85 Å². The standard InChI is InChI=1S/C10H24O2Si2/c1-13(2,3)11-9-7-8-10-12-14(4,5)6/h7-8H,9-10H2,1-6H3/b8-7+. The Labute approximate surface area is 90.6 Å². The van der Waals surface area contributed by atoms with Crippen molar-refractivity contribution in [3.8, 4) is 0 Å². The molecule has 0 heterocycles. The SMILES string of the molecule is C[Si](C)(C)OC/C=C/CO[Si](C)(C)C. The van der Waals surface area contributed by atoms with Crippen LogP contribution in [0.4, 0.5) is 0 Å². The molecule has 0 amide bonds. The van der Waals surface area contributed by atoms with Crippen molar-refractivity contribution >= 4 is 16.6 Å². The van der Waals surface area contributed by atoms with Gasteiger partial charge in [-0.25, -0.2) is 0 Å². The zero-order chi connectivity index (χ0) is 11.2. The first-order valence-corrected chi connectivity index (χ1v) is 12.0. The second-order valence-corrected chi connectivity index (χ2v) is 14.3. The summed E-state index contributed by atoms with van der Waals surface area (Å²) in [4.78, 5) is 0. The first-order chi connectivity index (χ1) is 6.21. The van der Waals surface area contributed by atoms with E-state index >= 15 is 0 Å². The summed E-state index contributed by atoms with van der Waals surface area (Å²) in [5.74, 6) is 0. The zero-order valence-corrected chi connectivity index (χ0v) is 12.4. The summed E-state index contributed by atoms with van der Waals surface area (Å²) in [5.41, 5.74) is 0.